The molecular weight excluding hydrogens is 266 g/mol. The van der Waals surface area contributed by atoms with Crippen molar-refractivity contribution in [2.75, 3.05) is 0 Å². The monoisotopic (exact) mass is 291 g/mol. The Morgan fingerprint density at radius 3 is 2.38 bits per heavy atom. The molecule has 2 rings (SSSR count). The quantitative estimate of drug-likeness (QED) is 0.842. The fourth-order valence-electron chi connectivity index (χ4n) is 3.15. The molecule has 0 spiro atoms. The van der Waals surface area contributed by atoms with E-state index in [2.05, 4.69) is 5.32 Å². The summed E-state index contributed by atoms with van der Waals surface area (Å²) in [4.78, 5) is 24.5. The molecule has 0 unspecified atom stereocenters. The lowest BCUT2D eigenvalue weighted by atomic mass is 9.80. The van der Waals surface area contributed by atoms with Gasteiger partial charge in [0.2, 0.25) is 11.8 Å². The van der Waals surface area contributed by atoms with Crippen molar-refractivity contribution in [2.24, 2.45) is 5.73 Å². The number of hydrogen-bond acceptors (Lipinski definition) is 2. The Labute approximate surface area is 125 Å². The van der Waals surface area contributed by atoms with Gasteiger partial charge in [-0.05, 0) is 31.4 Å². The molecule has 1 aliphatic carbocycles. The molecule has 1 fully saturated rings. The number of carbonyl (C=O) groups is 2. The second-order valence-corrected chi connectivity index (χ2v) is 5.93. The van der Waals surface area contributed by atoms with Crippen molar-refractivity contribution in [1.29, 1.82) is 0 Å². The molecule has 1 aromatic heterocycles. The van der Waals surface area contributed by atoms with Gasteiger partial charge >= 0.3 is 0 Å². The number of aromatic nitrogens is 1. The molecule has 5 heteroatoms. The third-order valence-electron chi connectivity index (χ3n) is 4.39. The van der Waals surface area contributed by atoms with Crippen molar-refractivity contribution >= 4 is 11.8 Å². The number of carbonyl (C=O) groups excluding carboxylic acids is 2. The van der Waals surface area contributed by atoms with E-state index in [4.69, 9.17) is 5.73 Å². The van der Waals surface area contributed by atoms with Crippen LogP contribution in [-0.4, -0.2) is 21.9 Å². The second-order valence-electron chi connectivity index (χ2n) is 5.93. The smallest absolute Gasteiger partial charge is 0.243 e. The van der Waals surface area contributed by atoms with Crippen LogP contribution in [0.4, 0.5) is 0 Å². The Hall–Kier alpha value is -1.78. The normalized spacial score (nSPS) is 18.9. The van der Waals surface area contributed by atoms with Crippen LogP contribution in [0.15, 0.2) is 24.5 Å². The molecular formula is C16H25N3O2. The summed E-state index contributed by atoms with van der Waals surface area (Å²) in [5.41, 5.74) is 4.73. The van der Waals surface area contributed by atoms with E-state index in [0.717, 1.165) is 32.1 Å². The SMILES string of the molecule is CCC[C@H](C(=O)NC1(C(N)=O)CCCCC1)n1cccc1. The minimum Gasteiger partial charge on any atom is -0.368 e. The van der Waals surface area contributed by atoms with Crippen LogP contribution >= 0.6 is 0 Å². The third kappa shape index (κ3) is 3.46. The second kappa shape index (κ2) is 6.78. The average molecular weight is 291 g/mol. The van der Waals surface area contributed by atoms with E-state index in [1.807, 2.05) is 36.0 Å². The number of primary amides is 1. The zero-order chi connectivity index (χ0) is 15.3. The topological polar surface area (TPSA) is 77.1 Å². The van der Waals surface area contributed by atoms with Gasteiger partial charge in [0.05, 0.1) is 0 Å². The minimum atomic E-state index is -0.853. The van der Waals surface area contributed by atoms with Crippen molar-refractivity contribution < 1.29 is 9.59 Å². The summed E-state index contributed by atoms with van der Waals surface area (Å²) in [6, 6.07) is 3.53. The number of hydrogen-bond donors (Lipinski definition) is 2. The fourth-order valence-corrected chi connectivity index (χ4v) is 3.15. The molecule has 1 saturated carbocycles. The molecule has 3 N–H and O–H groups in total. The molecule has 21 heavy (non-hydrogen) atoms. The van der Waals surface area contributed by atoms with E-state index in [1.165, 1.54) is 0 Å². The van der Waals surface area contributed by atoms with Crippen LogP contribution in [0.3, 0.4) is 0 Å². The molecule has 116 valence electrons. The van der Waals surface area contributed by atoms with Crippen LogP contribution in [0, 0.1) is 0 Å². The summed E-state index contributed by atoms with van der Waals surface area (Å²) in [5.74, 6) is -0.507. The summed E-state index contributed by atoms with van der Waals surface area (Å²) in [5, 5.41) is 2.97. The molecule has 0 aliphatic heterocycles. The first-order valence-electron chi connectivity index (χ1n) is 7.83. The number of nitrogens with zero attached hydrogens (tertiary/aromatic N) is 1. The molecule has 1 atom stereocenters. The summed E-state index contributed by atoms with van der Waals surface area (Å²) in [7, 11) is 0. The lowest BCUT2D eigenvalue weighted by molar-refractivity contribution is -0.134. The number of amides is 2. The molecule has 2 amide bonds. The van der Waals surface area contributed by atoms with Crippen molar-refractivity contribution in [3.05, 3.63) is 24.5 Å². The van der Waals surface area contributed by atoms with Gasteiger partial charge in [-0.15, -0.1) is 0 Å². The van der Waals surface area contributed by atoms with E-state index in [0.29, 0.717) is 12.8 Å². The Kier molecular flexibility index (Phi) is 5.04. The van der Waals surface area contributed by atoms with Crippen LogP contribution in [0.5, 0.6) is 0 Å². The van der Waals surface area contributed by atoms with Crippen molar-refractivity contribution in [1.82, 2.24) is 9.88 Å². The third-order valence-corrected chi connectivity index (χ3v) is 4.39. The van der Waals surface area contributed by atoms with Crippen molar-refractivity contribution in [2.45, 2.75) is 63.5 Å². The first-order valence-corrected chi connectivity index (χ1v) is 7.83. The van der Waals surface area contributed by atoms with Gasteiger partial charge in [-0.3, -0.25) is 9.59 Å². The molecule has 1 heterocycles. The van der Waals surface area contributed by atoms with Gasteiger partial charge in [-0.25, -0.2) is 0 Å². The standard InChI is InChI=1S/C16H25N3O2/c1-2-8-13(19-11-6-7-12-19)14(20)18-16(15(17)21)9-4-3-5-10-16/h6-7,11-13H,2-5,8-10H2,1H3,(H2,17,21)(H,18,20)/t13-/m1/s1. The Morgan fingerprint density at radius 1 is 1.24 bits per heavy atom. The van der Waals surface area contributed by atoms with E-state index in [-0.39, 0.29) is 11.9 Å². The maximum absolute atomic E-state index is 12.7. The van der Waals surface area contributed by atoms with Gasteiger partial charge in [-0.2, -0.15) is 0 Å². The highest BCUT2D eigenvalue weighted by atomic mass is 16.2. The summed E-state index contributed by atoms with van der Waals surface area (Å²) >= 11 is 0. The number of nitrogens with one attached hydrogen (secondary N) is 1. The van der Waals surface area contributed by atoms with Crippen LogP contribution in [0.25, 0.3) is 0 Å². The zero-order valence-electron chi connectivity index (χ0n) is 12.7. The lowest BCUT2D eigenvalue weighted by Crippen LogP contribution is -2.59. The molecule has 1 aromatic rings. The van der Waals surface area contributed by atoms with Gasteiger partial charge in [0.15, 0.2) is 0 Å². The summed E-state index contributed by atoms with van der Waals surface area (Å²) in [6.07, 6.45) is 9.69. The predicted octanol–water partition coefficient (Wildman–Crippen LogP) is 2.13. The maximum atomic E-state index is 12.7. The molecule has 1 aliphatic rings. The van der Waals surface area contributed by atoms with Gasteiger partial charge in [0.1, 0.15) is 11.6 Å². The average Bonchev–Trinajstić information content (AvgIpc) is 2.99. The molecule has 0 aromatic carbocycles. The van der Waals surface area contributed by atoms with Gasteiger partial charge in [0, 0.05) is 12.4 Å². The molecule has 5 nitrogen and oxygen atoms in total. The lowest BCUT2D eigenvalue weighted by Gasteiger charge is -2.36. The highest BCUT2D eigenvalue weighted by Crippen LogP contribution is 2.29. The maximum Gasteiger partial charge on any atom is 0.243 e. The predicted molar refractivity (Wildman–Crippen MR) is 81.5 cm³/mol. The van der Waals surface area contributed by atoms with Gasteiger partial charge < -0.3 is 15.6 Å². The van der Waals surface area contributed by atoms with E-state index >= 15 is 0 Å². The fraction of sp³-hybridized carbons (Fsp3) is 0.625. The number of nitrogens with two attached hydrogens (primary N) is 1. The van der Waals surface area contributed by atoms with Crippen LogP contribution in [0.2, 0.25) is 0 Å². The highest BCUT2D eigenvalue weighted by Gasteiger charge is 2.40. The number of rotatable bonds is 6. The molecule has 0 saturated heterocycles. The van der Waals surface area contributed by atoms with Crippen LogP contribution in [0.1, 0.15) is 57.9 Å². The van der Waals surface area contributed by atoms with E-state index in [9.17, 15) is 9.59 Å². The first kappa shape index (κ1) is 15.6. The van der Waals surface area contributed by atoms with Crippen molar-refractivity contribution in [3.8, 4) is 0 Å². The van der Waals surface area contributed by atoms with Gasteiger partial charge in [0.25, 0.3) is 0 Å². The minimum absolute atomic E-state index is 0.103. The Balaban J connectivity index is 2.14. The highest BCUT2D eigenvalue weighted by molar-refractivity contribution is 5.91. The summed E-state index contributed by atoms with van der Waals surface area (Å²) < 4.78 is 1.90. The van der Waals surface area contributed by atoms with E-state index in [1.54, 1.807) is 0 Å². The molecule has 0 bridgehead atoms. The molecule has 0 radical (unpaired) electrons. The zero-order valence-corrected chi connectivity index (χ0v) is 12.7. The van der Waals surface area contributed by atoms with Gasteiger partial charge in [-0.1, -0.05) is 32.6 Å². The van der Waals surface area contributed by atoms with Crippen LogP contribution < -0.4 is 11.1 Å². The largest absolute Gasteiger partial charge is 0.368 e. The summed E-state index contributed by atoms with van der Waals surface area (Å²) in [6.45, 7) is 2.05. The van der Waals surface area contributed by atoms with Crippen molar-refractivity contribution in [3.63, 3.8) is 0 Å². The van der Waals surface area contributed by atoms with E-state index < -0.39 is 11.4 Å². The first-order chi connectivity index (χ1) is 10.1. The Morgan fingerprint density at radius 2 is 1.86 bits per heavy atom. The Bertz CT molecular complexity index is 476. The van der Waals surface area contributed by atoms with Crippen LogP contribution in [-0.2, 0) is 9.59 Å².